The molecule has 2 aromatic rings. The van der Waals surface area contributed by atoms with Crippen LogP contribution in [-0.4, -0.2) is 31.1 Å². The number of hydrogen-bond donors (Lipinski definition) is 1. The number of nitrogens with two attached hydrogens (primary N) is 1. The maximum absolute atomic E-state index is 10.8. The Morgan fingerprint density at radius 1 is 1.44 bits per heavy atom. The first-order valence-electron chi connectivity index (χ1n) is 7.92. The van der Waals surface area contributed by atoms with Gasteiger partial charge in [-0.05, 0) is 32.9 Å². The van der Waals surface area contributed by atoms with Gasteiger partial charge in [0.05, 0.1) is 16.0 Å². The second kappa shape index (κ2) is 6.73. The highest BCUT2D eigenvalue weighted by molar-refractivity contribution is 7.16. The lowest BCUT2D eigenvalue weighted by Crippen LogP contribution is -2.37. The van der Waals surface area contributed by atoms with Crippen molar-refractivity contribution in [1.82, 2.24) is 15.0 Å². The molecule has 0 amide bonds. The second-order valence-corrected chi connectivity index (χ2v) is 7.65. The van der Waals surface area contributed by atoms with Gasteiger partial charge in [-0.3, -0.25) is 10.1 Å². The van der Waals surface area contributed by atoms with Crippen LogP contribution < -0.4 is 10.7 Å². The van der Waals surface area contributed by atoms with Gasteiger partial charge in [0.2, 0.25) is 5.95 Å². The molecule has 0 aliphatic carbocycles. The van der Waals surface area contributed by atoms with Crippen molar-refractivity contribution in [2.45, 2.75) is 32.7 Å². The zero-order valence-electron chi connectivity index (χ0n) is 14.9. The molecule has 0 aromatic carbocycles. The van der Waals surface area contributed by atoms with Crippen molar-refractivity contribution in [3.63, 3.8) is 0 Å². The first kappa shape index (κ1) is 18.4. The number of allylic oxidation sites excluding steroid dienone is 1. The Morgan fingerprint density at radius 3 is 2.74 bits per heavy atom. The van der Waals surface area contributed by atoms with E-state index in [2.05, 4.69) is 20.1 Å². The standard InChI is InChI=1S/C16H16N8O2S/c1-9-7-16(2,3)23(22-9)15-20-13(19-14(18)21-15)10(8-17)6-11-4-5-12(27-11)24(25)26/h4-6H,7H2,1-3H3,(H2,18,19,20,21). The topological polar surface area (TPSA) is 147 Å². The van der Waals surface area contributed by atoms with Crippen LogP contribution in [0.1, 0.15) is 37.9 Å². The highest BCUT2D eigenvalue weighted by Gasteiger charge is 2.35. The van der Waals surface area contributed by atoms with Gasteiger partial charge in [-0.15, -0.1) is 0 Å². The van der Waals surface area contributed by atoms with Crippen molar-refractivity contribution in [1.29, 1.82) is 5.26 Å². The smallest absolute Gasteiger partial charge is 0.324 e. The average Bonchev–Trinajstić information content (AvgIpc) is 3.15. The lowest BCUT2D eigenvalue weighted by Gasteiger charge is -2.28. The molecule has 0 saturated carbocycles. The summed E-state index contributed by atoms with van der Waals surface area (Å²) in [7, 11) is 0. The number of hydrogen-bond acceptors (Lipinski definition) is 10. The van der Waals surface area contributed by atoms with Crippen molar-refractivity contribution in [3.8, 4) is 6.07 Å². The zero-order valence-corrected chi connectivity index (χ0v) is 15.7. The van der Waals surface area contributed by atoms with E-state index in [-0.39, 0.29) is 33.8 Å². The Morgan fingerprint density at radius 2 is 2.19 bits per heavy atom. The average molecular weight is 384 g/mol. The van der Waals surface area contributed by atoms with Crippen molar-refractivity contribution >= 4 is 45.6 Å². The van der Waals surface area contributed by atoms with Crippen molar-refractivity contribution < 1.29 is 4.92 Å². The fraction of sp³-hybridized carbons (Fsp3) is 0.312. The van der Waals surface area contributed by atoms with Gasteiger partial charge in [0.25, 0.3) is 5.95 Å². The Kier molecular flexibility index (Phi) is 4.59. The van der Waals surface area contributed by atoms with E-state index < -0.39 is 4.92 Å². The molecule has 0 bridgehead atoms. The minimum Gasteiger partial charge on any atom is -0.368 e. The van der Waals surface area contributed by atoms with E-state index in [1.54, 1.807) is 11.1 Å². The minimum absolute atomic E-state index is 0.0157. The molecular weight excluding hydrogens is 368 g/mol. The lowest BCUT2D eigenvalue weighted by atomic mass is 9.99. The van der Waals surface area contributed by atoms with E-state index in [0.29, 0.717) is 4.88 Å². The Labute approximate surface area is 158 Å². The van der Waals surface area contributed by atoms with Crippen LogP contribution in [0, 0.1) is 21.4 Å². The van der Waals surface area contributed by atoms with Gasteiger partial charge < -0.3 is 5.73 Å². The van der Waals surface area contributed by atoms with Gasteiger partial charge in [-0.25, -0.2) is 5.01 Å². The maximum atomic E-state index is 10.8. The summed E-state index contributed by atoms with van der Waals surface area (Å²) in [6, 6.07) is 4.95. The van der Waals surface area contributed by atoms with Crippen LogP contribution in [0.25, 0.3) is 11.6 Å². The second-order valence-electron chi connectivity index (χ2n) is 6.56. The molecular formula is C16H16N8O2S. The van der Waals surface area contributed by atoms with Crippen molar-refractivity contribution in [2.24, 2.45) is 5.10 Å². The van der Waals surface area contributed by atoms with Gasteiger partial charge in [0, 0.05) is 23.1 Å². The van der Waals surface area contributed by atoms with Gasteiger partial charge in [-0.1, -0.05) is 11.3 Å². The summed E-state index contributed by atoms with van der Waals surface area (Å²) in [6.45, 7) is 5.91. The number of nitro groups is 1. The minimum atomic E-state index is -0.483. The number of nitriles is 1. The van der Waals surface area contributed by atoms with Crippen LogP contribution in [0.5, 0.6) is 0 Å². The Bertz CT molecular complexity index is 1020. The third-order valence-electron chi connectivity index (χ3n) is 3.80. The zero-order chi connectivity index (χ0) is 19.8. The number of hydrazone groups is 1. The van der Waals surface area contributed by atoms with Gasteiger partial charge >= 0.3 is 5.00 Å². The lowest BCUT2D eigenvalue weighted by molar-refractivity contribution is -0.380. The van der Waals surface area contributed by atoms with Crippen LogP contribution >= 0.6 is 11.3 Å². The molecule has 1 aliphatic rings. The molecule has 0 atom stereocenters. The molecule has 11 heteroatoms. The summed E-state index contributed by atoms with van der Waals surface area (Å²) in [5.74, 6) is 0.299. The Balaban J connectivity index is 2.03. The van der Waals surface area contributed by atoms with E-state index in [9.17, 15) is 15.4 Å². The number of rotatable bonds is 4. The molecule has 0 saturated heterocycles. The molecule has 0 radical (unpaired) electrons. The first-order valence-corrected chi connectivity index (χ1v) is 8.73. The van der Waals surface area contributed by atoms with Crippen molar-refractivity contribution in [3.05, 3.63) is 32.9 Å². The fourth-order valence-electron chi connectivity index (χ4n) is 2.76. The molecule has 10 nitrogen and oxygen atoms in total. The molecule has 2 N–H and O–H groups in total. The summed E-state index contributed by atoms with van der Waals surface area (Å²) in [6.07, 6.45) is 2.23. The molecule has 3 rings (SSSR count). The highest BCUT2D eigenvalue weighted by atomic mass is 32.1. The summed E-state index contributed by atoms with van der Waals surface area (Å²) >= 11 is 0.952. The summed E-state index contributed by atoms with van der Waals surface area (Å²) in [5, 5.41) is 26.4. The molecule has 2 aromatic heterocycles. The van der Waals surface area contributed by atoms with Crippen LogP contribution in [0.15, 0.2) is 17.2 Å². The monoisotopic (exact) mass is 384 g/mol. The van der Waals surface area contributed by atoms with E-state index in [0.717, 1.165) is 23.5 Å². The number of anilines is 2. The molecule has 1 aliphatic heterocycles. The predicted octanol–water partition coefficient (Wildman–Crippen LogP) is 2.85. The van der Waals surface area contributed by atoms with Crippen LogP contribution in [0.3, 0.4) is 0 Å². The molecule has 0 spiro atoms. The van der Waals surface area contributed by atoms with Crippen LogP contribution in [0.2, 0.25) is 0 Å². The number of nitrogen functional groups attached to an aromatic ring is 1. The SMILES string of the molecule is CC1=NN(c2nc(N)nc(C(C#N)=Cc3ccc([N+](=O)[O-])s3)n2)C(C)(C)C1. The normalized spacial score (nSPS) is 16.1. The predicted molar refractivity (Wildman–Crippen MR) is 103 cm³/mol. The van der Waals surface area contributed by atoms with Crippen molar-refractivity contribution in [2.75, 3.05) is 10.7 Å². The van der Waals surface area contributed by atoms with Crippen LogP contribution in [0.4, 0.5) is 16.9 Å². The fourth-order valence-corrected chi connectivity index (χ4v) is 3.53. The van der Waals surface area contributed by atoms with Gasteiger partial charge in [-0.2, -0.15) is 25.3 Å². The first-order chi connectivity index (χ1) is 12.7. The molecule has 0 fully saturated rings. The van der Waals surface area contributed by atoms with Crippen LogP contribution in [-0.2, 0) is 0 Å². The Hall–Kier alpha value is -3.39. The summed E-state index contributed by atoms with van der Waals surface area (Å²) in [4.78, 5) is 23.4. The van der Waals surface area contributed by atoms with E-state index >= 15 is 0 Å². The van der Waals surface area contributed by atoms with E-state index in [1.165, 1.54) is 12.1 Å². The molecule has 27 heavy (non-hydrogen) atoms. The number of aromatic nitrogens is 3. The maximum Gasteiger partial charge on any atom is 0.324 e. The molecule has 3 heterocycles. The summed E-state index contributed by atoms with van der Waals surface area (Å²) in [5.41, 5.74) is 6.54. The number of thiophene rings is 1. The third kappa shape index (κ3) is 3.75. The molecule has 138 valence electrons. The summed E-state index contributed by atoms with van der Waals surface area (Å²) < 4.78 is 0. The van der Waals surface area contributed by atoms with E-state index in [4.69, 9.17) is 5.73 Å². The molecule has 0 unspecified atom stereocenters. The third-order valence-corrected chi connectivity index (χ3v) is 4.79. The van der Waals surface area contributed by atoms with Gasteiger partial charge in [0.15, 0.2) is 5.82 Å². The quantitative estimate of drug-likeness (QED) is 0.480. The number of nitrogens with zero attached hydrogens (tertiary/aromatic N) is 7. The van der Waals surface area contributed by atoms with E-state index in [1.807, 2.05) is 26.8 Å². The highest BCUT2D eigenvalue weighted by Crippen LogP contribution is 2.32. The largest absolute Gasteiger partial charge is 0.368 e. The van der Waals surface area contributed by atoms with Gasteiger partial charge in [0.1, 0.15) is 6.07 Å².